The second kappa shape index (κ2) is 11.2. The second-order valence-corrected chi connectivity index (χ2v) is 10.0. The molecule has 3 rings (SSSR count). The number of carbonyl (C=O) groups excluding carboxylic acids is 2. The summed E-state index contributed by atoms with van der Waals surface area (Å²) in [4.78, 5) is 31.2. The Morgan fingerprint density at radius 2 is 1.95 bits per heavy atom. The van der Waals surface area contributed by atoms with Crippen molar-refractivity contribution >= 4 is 40.8 Å². The zero-order chi connectivity index (χ0) is 27.5. The van der Waals surface area contributed by atoms with Gasteiger partial charge in [0.1, 0.15) is 27.9 Å². The molecule has 0 saturated heterocycles. The summed E-state index contributed by atoms with van der Waals surface area (Å²) in [6.07, 6.45) is 0.453. The molecule has 0 bridgehead atoms. The Morgan fingerprint density at radius 1 is 1.24 bits per heavy atom. The van der Waals surface area contributed by atoms with Crippen LogP contribution < -0.4 is 20.7 Å². The van der Waals surface area contributed by atoms with Gasteiger partial charge in [-0.1, -0.05) is 17.7 Å². The molecule has 0 aliphatic rings. The normalized spacial score (nSPS) is 13.2. The number of benzene rings is 1. The van der Waals surface area contributed by atoms with Crippen LogP contribution in [0.25, 0.3) is 5.65 Å². The van der Waals surface area contributed by atoms with Gasteiger partial charge >= 0.3 is 6.09 Å². The summed E-state index contributed by atoms with van der Waals surface area (Å²) in [6, 6.07) is 6.56. The van der Waals surface area contributed by atoms with E-state index in [4.69, 9.17) is 31.5 Å². The molecule has 11 nitrogen and oxygen atoms in total. The van der Waals surface area contributed by atoms with E-state index in [0.717, 1.165) is 5.56 Å². The number of carbonyl (C=O) groups is 2. The van der Waals surface area contributed by atoms with Gasteiger partial charge in [-0.15, -0.1) is 0 Å². The molecule has 2 amide bonds. The van der Waals surface area contributed by atoms with Gasteiger partial charge in [0.15, 0.2) is 5.65 Å². The van der Waals surface area contributed by atoms with Crippen molar-refractivity contribution < 1.29 is 23.8 Å². The largest absolute Gasteiger partial charge is 0.495 e. The molecule has 3 aromatic rings. The first-order valence-corrected chi connectivity index (χ1v) is 12.0. The number of aromatic nitrogens is 3. The Morgan fingerprint density at radius 3 is 2.57 bits per heavy atom. The first kappa shape index (κ1) is 28.0. The molecule has 2 atom stereocenters. The van der Waals surface area contributed by atoms with Crippen molar-refractivity contribution in [1.29, 1.82) is 0 Å². The molecule has 2 heterocycles. The van der Waals surface area contributed by atoms with Gasteiger partial charge in [-0.25, -0.2) is 9.78 Å². The molecule has 200 valence electrons. The molecular formula is C25H33ClN6O5. The molecule has 37 heavy (non-hydrogen) atoms. The van der Waals surface area contributed by atoms with Gasteiger partial charge < -0.3 is 25.3 Å². The Hall–Kier alpha value is -3.57. The van der Waals surface area contributed by atoms with Crippen molar-refractivity contribution in [1.82, 2.24) is 19.9 Å². The molecule has 0 saturated carbocycles. The highest BCUT2D eigenvalue weighted by molar-refractivity contribution is 6.30. The summed E-state index contributed by atoms with van der Waals surface area (Å²) in [5.41, 5.74) is 7.07. The van der Waals surface area contributed by atoms with E-state index < -0.39 is 17.6 Å². The van der Waals surface area contributed by atoms with Crippen molar-refractivity contribution in [2.45, 2.75) is 59.0 Å². The van der Waals surface area contributed by atoms with Gasteiger partial charge in [0, 0.05) is 13.1 Å². The van der Waals surface area contributed by atoms with E-state index in [1.165, 1.54) is 28.7 Å². The minimum absolute atomic E-state index is 0.0935. The van der Waals surface area contributed by atoms with Crippen molar-refractivity contribution in [2.24, 2.45) is 0 Å². The Labute approximate surface area is 220 Å². The topological polar surface area (TPSA) is 133 Å². The van der Waals surface area contributed by atoms with E-state index >= 15 is 0 Å². The molecule has 0 radical (unpaired) electrons. The Bertz CT molecular complexity index is 1290. The second-order valence-electron chi connectivity index (χ2n) is 9.62. The number of hydrogen-bond donors (Lipinski definition) is 2. The smallest absolute Gasteiger partial charge is 0.415 e. The predicted octanol–water partition coefficient (Wildman–Crippen LogP) is 4.07. The third-order valence-electron chi connectivity index (χ3n) is 5.55. The zero-order valence-electron chi connectivity index (χ0n) is 22.0. The van der Waals surface area contributed by atoms with Gasteiger partial charge in [0.2, 0.25) is 0 Å². The monoisotopic (exact) mass is 532 g/mol. The van der Waals surface area contributed by atoms with Crippen LogP contribution in [0.15, 0.2) is 30.5 Å². The predicted molar refractivity (Wildman–Crippen MR) is 141 cm³/mol. The number of nitrogen functional groups attached to an aromatic ring is 1. The van der Waals surface area contributed by atoms with Crippen LogP contribution >= 0.6 is 11.6 Å². The van der Waals surface area contributed by atoms with Crippen LogP contribution in [0.5, 0.6) is 5.75 Å². The van der Waals surface area contributed by atoms with Crippen LogP contribution in [0.4, 0.5) is 16.3 Å². The first-order valence-electron chi connectivity index (χ1n) is 11.7. The average Bonchev–Trinajstić information content (AvgIpc) is 3.24. The summed E-state index contributed by atoms with van der Waals surface area (Å²) < 4.78 is 17.9. The SMILES string of the molecule is COc1ccc(COC(C)[C@@H](C)NC(=O)c2cnn3c(N(C)C(=O)OC(C)(C)C)cc(Cl)nc23)cc1N. The lowest BCUT2D eigenvalue weighted by Gasteiger charge is -2.24. The van der Waals surface area contributed by atoms with E-state index in [-0.39, 0.29) is 28.5 Å². The molecule has 1 aromatic carbocycles. The Kier molecular flexibility index (Phi) is 8.49. The number of rotatable bonds is 8. The third-order valence-corrected chi connectivity index (χ3v) is 5.74. The lowest BCUT2D eigenvalue weighted by atomic mass is 10.1. The number of ether oxygens (including phenoxy) is 3. The quantitative estimate of drug-likeness (QED) is 0.327. The minimum Gasteiger partial charge on any atom is -0.495 e. The molecule has 0 aliphatic heterocycles. The van der Waals surface area contributed by atoms with Gasteiger partial charge in [-0.05, 0) is 52.3 Å². The van der Waals surface area contributed by atoms with Crippen molar-refractivity contribution in [3.8, 4) is 5.75 Å². The van der Waals surface area contributed by atoms with Crippen molar-refractivity contribution in [3.63, 3.8) is 0 Å². The first-order chi connectivity index (χ1) is 17.3. The molecule has 0 fully saturated rings. The number of nitrogens with two attached hydrogens (primary N) is 1. The van der Waals surface area contributed by atoms with E-state index in [2.05, 4.69) is 15.4 Å². The molecule has 2 aromatic heterocycles. The number of amides is 2. The van der Waals surface area contributed by atoms with E-state index in [1.54, 1.807) is 40.0 Å². The molecular weight excluding hydrogens is 500 g/mol. The fraction of sp³-hybridized carbons (Fsp3) is 0.440. The molecule has 0 spiro atoms. The van der Waals surface area contributed by atoms with E-state index in [0.29, 0.717) is 23.9 Å². The van der Waals surface area contributed by atoms with Crippen molar-refractivity contribution in [3.05, 3.63) is 46.7 Å². The van der Waals surface area contributed by atoms with Gasteiger partial charge in [0.25, 0.3) is 5.91 Å². The molecule has 12 heteroatoms. The lowest BCUT2D eigenvalue weighted by Crippen LogP contribution is -2.41. The Balaban J connectivity index is 1.72. The van der Waals surface area contributed by atoms with Gasteiger partial charge in [0.05, 0.1) is 37.7 Å². The summed E-state index contributed by atoms with van der Waals surface area (Å²) in [5.74, 6) is 0.485. The summed E-state index contributed by atoms with van der Waals surface area (Å²) in [7, 11) is 3.08. The fourth-order valence-electron chi connectivity index (χ4n) is 3.39. The van der Waals surface area contributed by atoms with Crippen LogP contribution in [-0.4, -0.2) is 58.5 Å². The van der Waals surface area contributed by atoms with E-state index in [1.807, 2.05) is 19.9 Å². The van der Waals surface area contributed by atoms with Gasteiger partial charge in [-0.3, -0.25) is 9.69 Å². The van der Waals surface area contributed by atoms with E-state index in [9.17, 15) is 9.59 Å². The van der Waals surface area contributed by atoms with Crippen LogP contribution in [0, 0.1) is 0 Å². The number of nitrogens with one attached hydrogen (secondary N) is 1. The molecule has 3 N–H and O–H groups in total. The summed E-state index contributed by atoms with van der Waals surface area (Å²) >= 11 is 6.23. The maximum absolute atomic E-state index is 13.1. The van der Waals surface area contributed by atoms with Crippen LogP contribution in [0.2, 0.25) is 5.15 Å². The maximum Gasteiger partial charge on any atom is 0.415 e. The van der Waals surface area contributed by atoms with Crippen molar-refractivity contribution in [2.75, 3.05) is 24.8 Å². The highest BCUT2D eigenvalue weighted by atomic mass is 35.5. The number of hydrogen-bond acceptors (Lipinski definition) is 8. The highest BCUT2D eigenvalue weighted by Gasteiger charge is 2.26. The number of halogens is 1. The zero-order valence-corrected chi connectivity index (χ0v) is 22.8. The average molecular weight is 533 g/mol. The van der Waals surface area contributed by atoms with Crippen LogP contribution in [0.3, 0.4) is 0 Å². The number of fused-ring (bicyclic) bond motifs is 1. The summed E-state index contributed by atoms with van der Waals surface area (Å²) in [5, 5.41) is 7.27. The lowest BCUT2D eigenvalue weighted by molar-refractivity contribution is 0.0303. The van der Waals surface area contributed by atoms with Gasteiger partial charge in [-0.2, -0.15) is 9.61 Å². The van der Waals surface area contributed by atoms with Crippen LogP contribution in [-0.2, 0) is 16.1 Å². The highest BCUT2D eigenvalue weighted by Crippen LogP contribution is 2.24. The third kappa shape index (κ3) is 6.80. The standard InChI is InChI=1S/C25H33ClN6O5/c1-14(15(2)36-13-16-8-9-19(35-7)18(27)10-16)29-23(33)17-12-28-32-21(11-20(26)30-22(17)32)31(6)24(34)37-25(3,4)5/h8-12,14-15H,13,27H2,1-7H3,(H,29,33)/t14-,15?/m1/s1. The maximum atomic E-state index is 13.1. The number of methoxy groups -OCH3 is 1. The number of nitrogens with zero attached hydrogens (tertiary/aromatic N) is 4. The minimum atomic E-state index is -0.689. The fourth-order valence-corrected chi connectivity index (χ4v) is 3.57. The van der Waals surface area contributed by atoms with Crippen LogP contribution in [0.1, 0.15) is 50.5 Å². The number of anilines is 2. The summed E-state index contributed by atoms with van der Waals surface area (Å²) in [6.45, 7) is 9.30. The molecule has 0 aliphatic carbocycles. The molecule has 1 unspecified atom stereocenters.